The number of aryl methyl sites for hydroxylation is 1. The van der Waals surface area contributed by atoms with E-state index in [2.05, 4.69) is 5.32 Å². The number of carbonyl (C=O) groups is 1. The Morgan fingerprint density at radius 3 is 2.59 bits per heavy atom. The van der Waals surface area contributed by atoms with E-state index in [-0.39, 0.29) is 27.6 Å². The molecule has 1 aliphatic heterocycles. The van der Waals surface area contributed by atoms with Gasteiger partial charge in [0.1, 0.15) is 0 Å². The molecule has 29 heavy (non-hydrogen) atoms. The molecule has 1 aromatic carbocycles. The van der Waals surface area contributed by atoms with Crippen LogP contribution < -0.4 is 10.2 Å². The number of nitrogens with one attached hydrogen (secondary N) is 1. The summed E-state index contributed by atoms with van der Waals surface area (Å²) in [4.78, 5) is 24.6. The monoisotopic (exact) mass is 439 g/mol. The zero-order valence-electron chi connectivity index (χ0n) is 17.2. The average molecular weight is 440 g/mol. The lowest BCUT2D eigenvalue weighted by atomic mass is 9.97. The predicted molar refractivity (Wildman–Crippen MR) is 116 cm³/mol. The van der Waals surface area contributed by atoms with Gasteiger partial charge >= 0.3 is 4.87 Å². The first-order valence-electron chi connectivity index (χ1n) is 10.2. The minimum absolute atomic E-state index is 0.0138. The van der Waals surface area contributed by atoms with Crippen molar-refractivity contribution in [3.63, 3.8) is 0 Å². The van der Waals surface area contributed by atoms with E-state index in [4.69, 9.17) is 0 Å². The number of nitrogens with zero attached hydrogens (tertiary/aromatic N) is 2. The molecule has 3 rings (SSSR count). The molecule has 1 atom stereocenters. The molecule has 1 fully saturated rings. The van der Waals surface area contributed by atoms with Crippen molar-refractivity contribution in [1.82, 2.24) is 14.2 Å². The van der Waals surface area contributed by atoms with Gasteiger partial charge in [-0.15, -0.1) is 0 Å². The lowest BCUT2D eigenvalue weighted by molar-refractivity contribution is -0.126. The number of benzene rings is 1. The van der Waals surface area contributed by atoms with Crippen molar-refractivity contribution in [2.24, 2.45) is 5.92 Å². The third-order valence-corrected chi connectivity index (χ3v) is 8.39. The van der Waals surface area contributed by atoms with E-state index in [0.717, 1.165) is 29.7 Å². The molecule has 2 heterocycles. The Bertz CT molecular complexity index is 1030. The van der Waals surface area contributed by atoms with Gasteiger partial charge in [-0.3, -0.25) is 14.2 Å². The molecule has 1 aliphatic rings. The SMILES string of the molecule is CCCn1c(=O)sc2cc(S(=O)(=O)N3CCC(C(=O)N[C@@H](C)CC)CC3)ccc21. The summed E-state index contributed by atoms with van der Waals surface area (Å²) < 4.78 is 30.0. The molecule has 9 heteroatoms. The smallest absolute Gasteiger partial charge is 0.308 e. The van der Waals surface area contributed by atoms with Gasteiger partial charge in [0.2, 0.25) is 15.9 Å². The van der Waals surface area contributed by atoms with Gasteiger partial charge in [0.25, 0.3) is 0 Å². The van der Waals surface area contributed by atoms with Crippen LogP contribution in [0.3, 0.4) is 0 Å². The highest BCUT2D eigenvalue weighted by Crippen LogP contribution is 2.27. The Balaban J connectivity index is 1.75. The van der Waals surface area contributed by atoms with E-state index in [0.29, 0.717) is 37.2 Å². The summed E-state index contributed by atoms with van der Waals surface area (Å²) in [7, 11) is -3.65. The summed E-state index contributed by atoms with van der Waals surface area (Å²) in [6.07, 6.45) is 2.74. The van der Waals surface area contributed by atoms with Crippen LogP contribution in [0.25, 0.3) is 10.2 Å². The first-order chi connectivity index (χ1) is 13.8. The van der Waals surface area contributed by atoms with Crippen LogP contribution in [0.5, 0.6) is 0 Å². The second kappa shape index (κ2) is 8.97. The third kappa shape index (κ3) is 4.57. The summed E-state index contributed by atoms with van der Waals surface area (Å²) in [5.74, 6) is -0.133. The van der Waals surface area contributed by atoms with E-state index in [1.165, 1.54) is 4.31 Å². The fraction of sp³-hybridized carbons (Fsp3) is 0.600. The lowest BCUT2D eigenvalue weighted by Gasteiger charge is -2.31. The molecule has 0 saturated carbocycles. The fourth-order valence-corrected chi connectivity index (χ4v) is 6.14. The van der Waals surface area contributed by atoms with E-state index in [1.807, 2.05) is 20.8 Å². The molecule has 1 amide bonds. The minimum atomic E-state index is -3.65. The Hall–Kier alpha value is -1.71. The largest absolute Gasteiger partial charge is 0.353 e. The number of aromatic nitrogens is 1. The second-order valence-corrected chi connectivity index (χ2v) is 10.6. The third-order valence-electron chi connectivity index (χ3n) is 5.55. The standard InChI is InChI=1S/C20H29N3O4S2/c1-4-10-23-17-7-6-16(13-18(17)28-20(23)25)29(26,27)22-11-8-15(9-12-22)19(24)21-14(3)5-2/h6-7,13-15H,4-5,8-12H2,1-3H3,(H,21,24)/t14-/m0/s1. The van der Waals surface area contributed by atoms with Crippen molar-refractivity contribution in [3.8, 4) is 0 Å². The van der Waals surface area contributed by atoms with E-state index in [1.54, 1.807) is 22.8 Å². The zero-order valence-corrected chi connectivity index (χ0v) is 18.8. The van der Waals surface area contributed by atoms with Crippen molar-refractivity contribution in [2.75, 3.05) is 13.1 Å². The van der Waals surface area contributed by atoms with Gasteiger partial charge < -0.3 is 5.32 Å². The van der Waals surface area contributed by atoms with Crippen molar-refractivity contribution in [1.29, 1.82) is 0 Å². The summed E-state index contributed by atoms with van der Waals surface area (Å²) in [5, 5.41) is 2.99. The number of hydrogen-bond acceptors (Lipinski definition) is 5. The number of thiazole rings is 1. The number of hydrogen-bond donors (Lipinski definition) is 1. The predicted octanol–water partition coefficient (Wildman–Crippen LogP) is 2.79. The first-order valence-corrected chi connectivity index (χ1v) is 12.5. The van der Waals surface area contributed by atoms with E-state index < -0.39 is 10.0 Å². The number of sulfonamides is 1. The quantitative estimate of drug-likeness (QED) is 0.718. The van der Waals surface area contributed by atoms with E-state index in [9.17, 15) is 18.0 Å². The molecule has 0 bridgehead atoms. The molecule has 7 nitrogen and oxygen atoms in total. The molecule has 1 N–H and O–H groups in total. The van der Waals surface area contributed by atoms with Gasteiger partial charge in [0, 0.05) is 31.6 Å². The van der Waals surface area contributed by atoms with Crippen LogP contribution >= 0.6 is 11.3 Å². The molecular weight excluding hydrogens is 410 g/mol. The van der Waals surface area contributed by atoms with Crippen LogP contribution in [0.2, 0.25) is 0 Å². The highest BCUT2D eigenvalue weighted by atomic mass is 32.2. The lowest BCUT2D eigenvalue weighted by Crippen LogP contribution is -2.44. The van der Waals surface area contributed by atoms with Crippen molar-refractivity contribution < 1.29 is 13.2 Å². The maximum atomic E-state index is 13.1. The highest BCUT2D eigenvalue weighted by molar-refractivity contribution is 7.89. The van der Waals surface area contributed by atoms with E-state index >= 15 is 0 Å². The normalized spacial score (nSPS) is 17.5. The molecule has 0 spiro atoms. The molecule has 1 aromatic heterocycles. The minimum Gasteiger partial charge on any atom is -0.353 e. The highest BCUT2D eigenvalue weighted by Gasteiger charge is 2.32. The Morgan fingerprint density at radius 2 is 1.97 bits per heavy atom. The van der Waals surface area contributed by atoms with Crippen LogP contribution in [0, 0.1) is 5.92 Å². The average Bonchev–Trinajstić information content (AvgIpc) is 3.02. The molecular formula is C20H29N3O4S2. The Morgan fingerprint density at radius 1 is 1.28 bits per heavy atom. The topological polar surface area (TPSA) is 88.5 Å². The number of piperidine rings is 1. The Kier molecular flexibility index (Phi) is 6.80. The fourth-order valence-electron chi connectivity index (χ4n) is 3.61. The summed E-state index contributed by atoms with van der Waals surface area (Å²) in [6, 6.07) is 5.04. The molecule has 1 saturated heterocycles. The van der Waals surface area contributed by atoms with Gasteiger partial charge in [-0.1, -0.05) is 25.2 Å². The number of rotatable bonds is 7. The molecule has 2 aromatic rings. The zero-order chi connectivity index (χ0) is 21.2. The molecule has 0 radical (unpaired) electrons. The van der Waals surface area contributed by atoms with Crippen molar-refractivity contribution in [2.45, 2.75) is 63.9 Å². The Labute approximate surface area is 175 Å². The number of carbonyl (C=O) groups excluding carboxylic acids is 1. The van der Waals surface area contributed by atoms with Crippen LogP contribution in [-0.4, -0.2) is 42.3 Å². The summed E-state index contributed by atoms with van der Waals surface area (Å²) >= 11 is 1.08. The van der Waals surface area contributed by atoms with Crippen LogP contribution in [0.1, 0.15) is 46.5 Å². The summed E-state index contributed by atoms with van der Waals surface area (Å²) in [6.45, 7) is 7.26. The number of amides is 1. The van der Waals surface area contributed by atoms with Crippen LogP contribution in [0.15, 0.2) is 27.9 Å². The number of fused-ring (bicyclic) bond motifs is 1. The summed E-state index contributed by atoms with van der Waals surface area (Å²) in [5.41, 5.74) is 0.779. The van der Waals surface area contributed by atoms with Gasteiger partial charge in [0.05, 0.1) is 15.1 Å². The molecule has 0 aliphatic carbocycles. The molecule has 0 unspecified atom stereocenters. The van der Waals surface area contributed by atoms with Gasteiger partial charge in [-0.05, 0) is 50.8 Å². The van der Waals surface area contributed by atoms with Gasteiger partial charge in [0.15, 0.2) is 0 Å². The first kappa shape index (κ1) is 22.0. The van der Waals surface area contributed by atoms with Crippen molar-refractivity contribution in [3.05, 3.63) is 27.9 Å². The van der Waals surface area contributed by atoms with Crippen LogP contribution in [0.4, 0.5) is 0 Å². The van der Waals surface area contributed by atoms with Crippen LogP contribution in [-0.2, 0) is 21.4 Å². The maximum absolute atomic E-state index is 13.1. The maximum Gasteiger partial charge on any atom is 0.308 e. The van der Waals surface area contributed by atoms with Gasteiger partial charge in [-0.25, -0.2) is 8.42 Å². The van der Waals surface area contributed by atoms with Crippen molar-refractivity contribution >= 4 is 37.5 Å². The molecule has 160 valence electrons. The second-order valence-electron chi connectivity index (χ2n) is 7.65. The van der Waals surface area contributed by atoms with Gasteiger partial charge in [-0.2, -0.15) is 4.31 Å².